The molecule has 7 heteroatoms. The maximum absolute atomic E-state index is 10.8. The highest BCUT2D eigenvalue weighted by atomic mass is 32.1. The van der Waals surface area contributed by atoms with E-state index in [9.17, 15) is 4.79 Å². The van der Waals surface area contributed by atoms with Crippen molar-refractivity contribution in [1.82, 2.24) is 9.97 Å². The van der Waals surface area contributed by atoms with Crippen molar-refractivity contribution in [3.63, 3.8) is 0 Å². The van der Waals surface area contributed by atoms with Crippen LogP contribution in [0.15, 0.2) is 42.6 Å². The van der Waals surface area contributed by atoms with E-state index >= 15 is 0 Å². The van der Waals surface area contributed by atoms with Gasteiger partial charge < -0.3 is 15.4 Å². The third-order valence-corrected chi connectivity index (χ3v) is 5.60. The number of hydrogen-bond acceptors (Lipinski definition) is 6. The monoisotopic (exact) mass is 368 g/mol. The van der Waals surface area contributed by atoms with Gasteiger partial charge in [0.25, 0.3) is 0 Å². The third-order valence-electron chi connectivity index (χ3n) is 4.52. The third kappa shape index (κ3) is 3.68. The van der Waals surface area contributed by atoms with Gasteiger partial charge in [-0.2, -0.15) is 0 Å². The molecule has 2 N–H and O–H groups in total. The van der Waals surface area contributed by atoms with E-state index in [4.69, 9.17) is 10.5 Å². The molecule has 2 aromatic heterocycles. The number of nitrogens with two attached hydrogens (primary N) is 1. The van der Waals surface area contributed by atoms with Gasteiger partial charge in [0.05, 0.1) is 16.3 Å². The summed E-state index contributed by atoms with van der Waals surface area (Å²) in [5, 5.41) is 0.990. The van der Waals surface area contributed by atoms with Crippen LogP contribution in [-0.2, 0) is 9.53 Å². The molecule has 4 rings (SSSR count). The molecule has 0 saturated carbocycles. The zero-order valence-corrected chi connectivity index (χ0v) is 15.1. The van der Waals surface area contributed by atoms with E-state index in [-0.39, 0.29) is 12.7 Å². The fraction of sp³-hybridized carbons (Fsp3) is 0.316. The van der Waals surface area contributed by atoms with Crippen LogP contribution in [0.2, 0.25) is 0 Å². The first-order valence-electron chi connectivity index (χ1n) is 8.66. The van der Waals surface area contributed by atoms with Crippen LogP contribution < -0.4 is 10.6 Å². The SMILES string of the molecule is NC(=O)COC1CCN(c2ccc(-c3nc4ccccc4s3)cn2)CC1. The second-order valence-corrected chi connectivity index (χ2v) is 7.39. The van der Waals surface area contributed by atoms with Crippen molar-refractivity contribution in [1.29, 1.82) is 0 Å². The molecule has 0 atom stereocenters. The Bertz CT molecular complexity index is 868. The van der Waals surface area contributed by atoms with Crippen molar-refractivity contribution in [3.05, 3.63) is 42.6 Å². The van der Waals surface area contributed by atoms with Crippen molar-refractivity contribution in [2.45, 2.75) is 18.9 Å². The first kappa shape index (κ1) is 16.9. The minimum absolute atomic E-state index is 0.000217. The predicted molar refractivity (Wildman–Crippen MR) is 103 cm³/mol. The van der Waals surface area contributed by atoms with Crippen molar-refractivity contribution < 1.29 is 9.53 Å². The molecule has 6 nitrogen and oxygen atoms in total. The van der Waals surface area contributed by atoms with Crippen LogP contribution in [0.5, 0.6) is 0 Å². The molecule has 1 aliphatic rings. The van der Waals surface area contributed by atoms with Crippen LogP contribution in [0.25, 0.3) is 20.8 Å². The van der Waals surface area contributed by atoms with Crippen molar-refractivity contribution in [2.24, 2.45) is 5.73 Å². The Labute approximate surface area is 155 Å². The molecule has 3 aromatic rings. The van der Waals surface area contributed by atoms with Crippen LogP contribution in [0.4, 0.5) is 5.82 Å². The number of hydrogen-bond donors (Lipinski definition) is 1. The summed E-state index contributed by atoms with van der Waals surface area (Å²) in [4.78, 5) is 22.4. The Balaban J connectivity index is 1.41. The lowest BCUT2D eigenvalue weighted by atomic mass is 10.1. The molecule has 3 heterocycles. The van der Waals surface area contributed by atoms with Crippen LogP contribution in [0.3, 0.4) is 0 Å². The molecular formula is C19H20N4O2S. The van der Waals surface area contributed by atoms with E-state index in [0.29, 0.717) is 0 Å². The van der Waals surface area contributed by atoms with E-state index in [1.54, 1.807) is 11.3 Å². The number of rotatable bonds is 5. The van der Waals surface area contributed by atoms with Crippen LogP contribution in [-0.4, -0.2) is 41.7 Å². The summed E-state index contributed by atoms with van der Waals surface area (Å²) in [7, 11) is 0. The number of piperidine rings is 1. The van der Waals surface area contributed by atoms with Gasteiger partial charge in [-0.15, -0.1) is 11.3 Å². The van der Waals surface area contributed by atoms with Crippen molar-refractivity contribution in [3.8, 4) is 10.6 Å². The van der Waals surface area contributed by atoms with E-state index in [1.807, 2.05) is 30.5 Å². The second kappa shape index (κ2) is 7.39. The van der Waals surface area contributed by atoms with E-state index < -0.39 is 5.91 Å². The molecule has 0 aliphatic carbocycles. The van der Waals surface area contributed by atoms with Gasteiger partial charge >= 0.3 is 0 Å². The van der Waals surface area contributed by atoms with Crippen LogP contribution in [0, 0.1) is 0 Å². The number of fused-ring (bicyclic) bond motifs is 1. The average molecular weight is 368 g/mol. The fourth-order valence-corrected chi connectivity index (χ4v) is 4.10. The number of thiazole rings is 1. The Kier molecular flexibility index (Phi) is 4.81. The van der Waals surface area contributed by atoms with Gasteiger partial charge in [0, 0.05) is 24.8 Å². The summed E-state index contributed by atoms with van der Waals surface area (Å²) in [6, 6.07) is 12.3. The standard InChI is InChI=1S/C19H20N4O2S/c20-17(24)12-25-14-7-9-23(10-8-14)18-6-5-13(11-21-18)19-22-15-3-1-2-4-16(15)26-19/h1-6,11,14H,7-10,12H2,(H2,20,24). The molecule has 1 saturated heterocycles. The summed E-state index contributed by atoms with van der Waals surface area (Å²) in [6.07, 6.45) is 3.73. The van der Waals surface area contributed by atoms with Gasteiger partial charge in [0.15, 0.2) is 0 Å². The molecule has 1 aromatic carbocycles. The minimum atomic E-state index is -0.417. The number of anilines is 1. The van der Waals surface area contributed by atoms with Crippen molar-refractivity contribution >= 4 is 33.3 Å². The van der Waals surface area contributed by atoms with E-state index in [2.05, 4.69) is 27.0 Å². The lowest BCUT2D eigenvalue weighted by molar-refractivity contribution is -0.124. The fourth-order valence-electron chi connectivity index (χ4n) is 3.15. The minimum Gasteiger partial charge on any atom is -0.368 e. The zero-order valence-electron chi connectivity index (χ0n) is 14.3. The number of amides is 1. The number of carbonyl (C=O) groups excluding carboxylic acids is 1. The lowest BCUT2D eigenvalue weighted by Gasteiger charge is -2.32. The normalized spacial score (nSPS) is 15.5. The molecule has 0 radical (unpaired) electrons. The number of primary amides is 1. The number of nitrogens with zero attached hydrogens (tertiary/aromatic N) is 3. The van der Waals surface area contributed by atoms with Gasteiger partial charge in [-0.05, 0) is 37.1 Å². The molecular weight excluding hydrogens is 348 g/mol. The first-order valence-corrected chi connectivity index (χ1v) is 9.47. The average Bonchev–Trinajstić information content (AvgIpc) is 3.11. The largest absolute Gasteiger partial charge is 0.368 e. The topological polar surface area (TPSA) is 81.3 Å². The van der Waals surface area contributed by atoms with Gasteiger partial charge in [-0.3, -0.25) is 4.79 Å². The Hall–Kier alpha value is -2.51. The van der Waals surface area contributed by atoms with Gasteiger partial charge in [0.1, 0.15) is 17.4 Å². The smallest absolute Gasteiger partial charge is 0.243 e. The summed E-state index contributed by atoms with van der Waals surface area (Å²) in [5.74, 6) is 0.544. The van der Waals surface area contributed by atoms with Crippen LogP contribution >= 0.6 is 11.3 Å². The Morgan fingerprint density at radius 3 is 2.73 bits per heavy atom. The molecule has 1 aliphatic heterocycles. The maximum Gasteiger partial charge on any atom is 0.243 e. The number of carbonyl (C=O) groups is 1. The summed E-state index contributed by atoms with van der Waals surface area (Å²) in [5.41, 5.74) is 7.19. The number of aromatic nitrogens is 2. The zero-order chi connectivity index (χ0) is 17.9. The highest BCUT2D eigenvalue weighted by Crippen LogP contribution is 2.30. The van der Waals surface area contributed by atoms with Gasteiger partial charge in [0.2, 0.25) is 5.91 Å². The molecule has 1 fully saturated rings. The van der Waals surface area contributed by atoms with Gasteiger partial charge in [-0.25, -0.2) is 9.97 Å². The number of pyridine rings is 1. The highest BCUT2D eigenvalue weighted by Gasteiger charge is 2.21. The second-order valence-electron chi connectivity index (χ2n) is 6.36. The molecule has 0 unspecified atom stereocenters. The maximum atomic E-state index is 10.8. The Morgan fingerprint density at radius 1 is 1.23 bits per heavy atom. The highest BCUT2D eigenvalue weighted by molar-refractivity contribution is 7.21. The molecule has 0 bridgehead atoms. The Morgan fingerprint density at radius 2 is 2.04 bits per heavy atom. The first-order chi connectivity index (χ1) is 12.7. The van der Waals surface area contributed by atoms with E-state index in [1.165, 1.54) is 4.70 Å². The quantitative estimate of drug-likeness (QED) is 0.749. The predicted octanol–water partition coefficient (Wildman–Crippen LogP) is 2.83. The summed E-state index contributed by atoms with van der Waals surface area (Å²) < 4.78 is 6.69. The van der Waals surface area contributed by atoms with E-state index in [0.717, 1.165) is 47.8 Å². The number of benzene rings is 1. The number of para-hydroxylation sites is 1. The summed E-state index contributed by atoms with van der Waals surface area (Å²) >= 11 is 1.68. The molecule has 0 spiro atoms. The molecule has 134 valence electrons. The van der Waals surface area contributed by atoms with Crippen molar-refractivity contribution in [2.75, 3.05) is 24.6 Å². The van der Waals surface area contributed by atoms with Gasteiger partial charge in [-0.1, -0.05) is 12.1 Å². The number of ether oxygens (including phenoxy) is 1. The molecule has 1 amide bonds. The molecule has 26 heavy (non-hydrogen) atoms. The summed E-state index contributed by atoms with van der Waals surface area (Å²) in [6.45, 7) is 1.72. The van der Waals surface area contributed by atoms with Crippen LogP contribution in [0.1, 0.15) is 12.8 Å². The lowest BCUT2D eigenvalue weighted by Crippen LogP contribution is -2.38.